The van der Waals surface area contributed by atoms with Crippen LogP contribution in [0.1, 0.15) is 58.4 Å². The lowest BCUT2D eigenvalue weighted by Crippen LogP contribution is -2.48. The molecular formula is C28H37N5O. The minimum Gasteiger partial charge on any atom is -0.358 e. The van der Waals surface area contributed by atoms with Gasteiger partial charge in [-0.3, -0.25) is 4.79 Å². The quantitative estimate of drug-likeness (QED) is 0.374. The molecule has 2 aromatic carbocycles. The van der Waals surface area contributed by atoms with Crippen molar-refractivity contribution in [2.75, 3.05) is 29.9 Å². The van der Waals surface area contributed by atoms with Crippen molar-refractivity contribution in [1.82, 2.24) is 15.3 Å². The van der Waals surface area contributed by atoms with Crippen LogP contribution in [0.2, 0.25) is 0 Å². The summed E-state index contributed by atoms with van der Waals surface area (Å²) >= 11 is 0. The molecule has 0 spiro atoms. The summed E-state index contributed by atoms with van der Waals surface area (Å²) in [5.41, 5.74) is 4.32. The van der Waals surface area contributed by atoms with Crippen molar-refractivity contribution in [2.24, 2.45) is 5.41 Å². The van der Waals surface area contributed by atoms with Gasteiger partial charge >= 0.3 is 0 Å². The van der Waals surface area contributed by atoms with E-state index in [0.717, 1.165) is 66.9 Å². The molecule has 2 radical (unpaired) electrons. The number of nitrogens with zero attached hydrogens (tertiary/aromatic N) is 2. The van der Waals surface area contributed by atoms with Crippen LogP contribution in [0.5, 0.6) is 0 Å². The number of amides is 1. The van der Waals surface area contributed by atoms with E-state index in [1.807, 2.05) is 30.3 Å². The highest BCUT2D eigenvalue weighted by Gasteiger charge is 2.34. The number of fused-ring (bicyclic) bond motifs is 2. The number of aromatic amines is 1. The average molecular weight is 460 g/mol. The first-order chi connectivity index (χ1) is 16.4. The van der Waals surface area contributed by atoms with Crippen LogP contribution >= 0.6 is 0 Å². The summed E-state index contributed by atoms with van der Waals surface area (Å²) in [4.78, 5) is 23.0. The molecule has 1 aliphatic heterocycles. The minimum atomic E-state index is 0.0756. The first kappa shape index (κ1) is 24.1. The third kappa shape index (κ3) is 6.10. The van der Waals surface area contributed by atoms with Gasteiger partial charge < -0.3 is 20.5 Å². The van der Waals surface area contributed by atoms with Gasteiger partial charge in [0.25, 0.3) is 0 Å². The summed E-state index contributed by atoms with van der Waals surface area (Å²) in [7, 11) is 0. The van der Waals surface area contributed by atoms with Gasteiger partial charge in [0.1, 0.15) is 0 Å². The Morgan fingerprint density at radius 1 is 1.09 bits per heavy atom. The fraction of sp³-hybridized carbons (Fsp3) is 0.464. The predicted molar refractivity (Wildman–Crippen MR) is 140 cm³/mol. The van der Waals surface area contributed by atoms with Gasteiger partial charge in [-0.1, -0.05) is 51.1 Å². The Morgan fingerprint density at radius 2 is 1.85 bits per heavy atom. The van der Waals surface area contributed by atoms with Crippen LogP contribution in [0.25, 0.3) is 11.0 Å². The summed E-state index contributed by atoms with van der Waals surface area (Å²) < 4.78 is 0. The second-order valence-corrected chi connectivity index (χ2v) is 10.2. The van der Waals surface area contributed by atoms with Crippen LogP contribution in [0.15, 0.2) is 48.5 Å². The predicted octanol–water partition coefficient (Wildman–Crippen LogP) is 5.41. The second kappa shape index (κ2) is 10.9. The molecule has 1 amide bonds. The number of rotatable bonds is 9. The minimum absolute atomic E-state index is 0.0756. The number of aromatic nitrogens is 2. The zero-order valence-electron chi connectivity index (χ0n) is 20.7. The Bertz CT molecular complexity index is 1050. The number of H-pyrrole nitrogens is 1. The van der Waals surface area contributed by atoms with Crippen molar-refractivity contribution in [3.8, 4) is 0 Å². The molecule has 2 heterocycles. The zero-order valence-corrected chi connectivity index (χ0v) is 20.7. The lowest BCUT2D eigenvalue weighted by atomic mass is 9.83. The molecule has 34 heavy (non-hydrogen) atoms. The number of nitrogens with one attached hydrogen (secondary N) is 3. The molecular weight excluding hydrogens is 422 g/mol. The summed E-state index contributed by atoms with van der Waals surface area (Å²) in [6, 6.07) is 16.6. The lowest BCUT2D eigenvalue weighted by Gasteiger charge is -2.41. The van der Waals surface area contributed by atoms with Crippen molar-refractivity contribution >= 4 is 28.6 Å². The van der Waals surface area contributed by atoms with E-state index in [1.165, 1.54) is 0 Å². The molecule has 4 rings (SSSR count). The van der Waals surface area contributed by atoms with Crippen LogP contribution < -0.4 is 15.5 Å². The van der Waals surface area contributed by atoms with Gasteiger partial charge in [0, 0.05) is 31.2 Å². The number of imidazole rings is 1. The van der Waals surface area contributed by atoms with E-state index in [2.05, 4.69) is 70.9 Å². The van der Waals surface area contributed by atoms with E-state index in [0.29, 0.717) is 19.1 Å². The normalized spacial score (nSPS) is 16.2. The zero-order chi connectivity index (χ0) is 24.0. The summed E-state index contributed by atoms with van der Waals surface area (Å²) in [5.74, 6) is 0.904. The highest BCUT2D eigenvalue weighted by molar-refractivity contribution is 5.82. The van der Waals surface area contributed by atoms with Gasteiger partial charge in [0.2, 0.25) is 11.9 Å². The third-order valence-corrected chi connectivity index (χ3v) is 6.49. The van der Waals surface area contributed by atoms with Gasteiger partial charge in [-0.05, 0) is 61.3 Å². The maximum Gasteiger partial charge on any atom is 0.239 e. The molecule has 6 nitrogen and oxygen atoms in total. The lowest BCUT2D eigenvalue weighted by molar-refractivity contribution is -0.119. The number of anilines is 2. The van der Waals surface area contributed by atoms with Gasteiger partial charge in [-0.25, -0.2) is 4.98 Å². The van der Waals surface area contributed by atoms with E-state index < -0.39 is 0 Å². The number of carbonyl (C=O) groups excluding carboxylic acids is 1. The van der Waals surface area contributed by atoms with Crippen molar-refractivity contribution in [2.45, 2.75) is 58.9 Å². The molecule has 0 fully saturated rings. The molecule has 1 aliphatic rings. The highest BCUT2D eigenvalue weighted by atomic mass is 16.2. The number of unbranched alkanes of at least 4 members (excludes halogenated alkanes) is 2. The maximum atomic E-state index is 12.9. The molecule has 0 saturated carbocycles. The van der Waals surface area contributed by atoms with Crippen molar-refractivity contribution in [3.05, 3.63) is 60.5 Å². The van der Waals surface area contributed by atoms with Crippen molar-refractivity contribution < 1.29 is 4.79 Å². The topological polar surface area (TPSA) is 73.1 Å². The highest BCUT2D eigenvalue weighted by Crippen LogP contribution is 2.37. The molecule has 180 valence electrons. The summed E-state index contributed by atoms with van der Waals surface area (Å²) in [5, 5.41) is 6.50. The number of hydrogen-bond donors (Lipinski definition) is 3. The largest absolute Gasteiger partial charge is 0.358 e. The molecule has 1 atom stereocenters. The summed E-state index contributed by atoms with van der Waals surface area (Å²) in [6.07, 6.45) is 8.50. The fourth-order valence-electron chi connectivity index (χ4n) is 4.75. The number of para-hydroxylation sites is 3. The van der Waals surface area contributed by atoms with Gasteiger partial charge in [0.15, 0.2) is 0 Å². The molecule has 0 bridgehead atoms. The van der Waals surface area contributed by atoms with Crippen molar-refractivity contribution in [3.63, 3.8) is 0 Å². The van der Waals surface area contributed by atoms with Gasteiger partial charge in [-0.2, -0.15) is 0 Å². The molecule has 3 N–H and O–H groups in total. The molecule has 0 aliphatic carbocycles. The Hall–Kier alpha value is -3.02. The SMILES string of the molecule is CC(C)(C)C1CC[C]c2ccccc2N1CC(=O)NCCCCCNc1nc2ccccc2[nH]1. The monoisotopic (exact) mass is 459 g/mol. The Morgan fingerprint density at radius 3 is 2.68 bits per heavy atom. The number of benzene rings is 2. The van der Waals surface area contributed by atoms with Crippen LogP contribution in [0.3, 0.4) is 0 Å². The van der Waals surface area contributed by atoms with E-state index in [1.54, 1.807) is 0 Å². The standard InChI is InChI=1S/C28H37N5O/c1-28(2,3)25-17-11-13-21-12-5-8-16-24(21)33(25)20-26(34)29-18-9-4-10-19-30-27-31-22-14-6-7-15-23(22)32-27/h5-8,12,14-16,25H,4,9-11,17-20H2,1-3H3,(H,29,34)(H2,30,31,32). The number of hydrogen-bond acceptors (Lipinski definition) is 4. The Balaban J connectivity index is 1.21. The third-order valence-electron chi connectivity index (χ3n) is 6.49. The van der Waals surface area contributed by atoms with E-state index in [4.69, 9.17) is 0 Å². The van der Waals surface area contributed by atoms with Gasteiger partial charge in [-0.15, -0.1) is 0 Å². The van der Waals surface area contributed by atoms with Gasteiger partial charge in [0.05, 0.1) is 17.6 Å². The first-order valence-corrected chi connectivity index (χ1v) is 12.5. The molecule has 1 aromatic heterocycles. The summed E-state index contributed by atoms with van der Waals surface area (Å²) in [6.45, 7) is 8.73. The molecule has 3 aromatic rings. The Labute approximate surface area is 203 Å². The van der Waals surface area contributed by atoms with Crippen LogP contribution in [0.4, 0.5) is 11.6 Å². The van der Waals surface area contributed by atoms with E-state index in [-0.39, 0.29) is 11.3 Å². The van der Waals surface area contributed by atoms with Crippen LogP contribution in [-0.4, -0.2) is 41.6 Å². The van der Waals surface area contributed by atoms with Crippen LogP contribution in [-0.2, 0) is 4.79 Å². The fourth-order valence-corrected chi connectivity index (χ4v) is 4.75. The van der Waals surface area contributed by atoms with Crippen LogP contribution in [0, 0.1) is 11.8 Å². The number of carbonyl (C=O) groups is 1. The maximum absolute atomic E-state index is 12.9. The molecule has 6 heteroatoms. The average Bonchev–Trinajstić information content (AvgIpc) is 3.13. The smallest absolute Gasteiger partial charge is 0.239 e. The molecule has 1 unspecified atom stereocenters. The molecule has 0 saturated heterocycles. The Kier molecular flexibility index (Phi) is 7.76. The van der Waals surface area contributed by atoms with Crippen molar-refractivity contribution in [1.29, 1.82) is 0 Å². The second-order valence-electron chi connectivity index (χ2n) is 10.2. The van der Waals surface area contributed by atoms with E-state index >= 15 is 0 Å². The van der Waals surface area contributed by atoms with E-state index in [9.17, 15) is 4.79 Å². The first-order valence-electron chi connectivity index (χ1n) is 12.5.